The summed E-state index contributed by atoms with van der Waals surface area (Å²) in [6.07, 6.45) is -0.607. The minimum Gasteiger partial charge on any atom is -0.496 e. The van der Waals surface area contributed by atoms with Crippen molar-refractivity contribution in [1.82, 2.24) is 25.3 Å². The summed E-state index contributed by atoms with van der Waals surface area (Å²) >= 11 is 0. The van der Waals surface area contributed by atoms with Crippen molar-refractivity contribution in [1.29, 1.82) is 0 Å². The fourth-order valence-corrected chi connectivity index (χ4v) is 5.86. The minimum absolute atomic E-state index is 0.0157. The van der Waals surface area contributed by atoms with Gasteiger partial charge in [0.15, 0.2) is 5.82 Å². The molecule has 0 aliphatic rings. The Morgan fingerprint density at radius 3 is 2.12 bits per heavy atom. The zero-order valence-corrected chi connectivity index (χ0v) is 30.1. The van der Waals surface area contributed by atoms with Gasteiger partial charge in [-0.1, -0.05) is 0 Å². The zero-order chi connectivity index (χ0) is 36.6. The van der Waals surface area contributed by atoms with Crippen LogP contribution in [0.15, 0.2) is 22.2 Å². The van der Waals surface area contributed by atoms with E-state index in [1.54, 1.807) is 68.4 Å². The van der Waals surface area contributed by atoms with Gasteiger partial charge in [0, 0.05) is 6.54 Å². The Hall–Kier alpha value is -4.67. The number of nitrogens with one attached hydrogen (secondary N) is 4. The number of amides is 2. The number of Topliss-reactive ketones (excluding diaryl/α,β-unsaturated/α-hetero) is 1. The number of esters is 1. The first-order valence-electron chi connectivity index (χ1n) is 15.0. The van der Waals surface area contributed by atoms with Crippen LogP contribution >= 0.6 is 0 Å². The summed E-state index contributed by atoms with van der Waals surface area (Å²) in [7, 11) is -1.63. The molecule has 1 aromatic carbocycles. The van der Waals surface area contributed by atoms with Gasteiger partial charge >= 0.3 is 18.2 Å². The van der Waals surface area contributed by atoms with Crippen LogP contribution in [0.5, 0.6) is 5.75 Å². The number of rotatable bonds is 11. The van der Waals surface area contributed by atoms with E-state index in [0.29, 0.717) is 22.4 Å². The number of alkyl carbamates (subject to hydrolysis) is 2. The number of aryl methyl sites for hydroxylation is 1. The number of aromatic amines is 1. The molecule has 0 saturated carbocycles. The lowest BCUT2D eigenvalue weighted by Crippen LogP contribution is -2.46. The first kappa shape index (κ1) is 39.5. The highest BCUT2D eigenvalue weighted by Crippen LogP contribution is 2.30. The molecule has 0 aliphatic heterocycles. The monoisotopic (exact) mass is 694 g/mol. The highest BCUT2D eigenvalue weighted by Gasteiger charge is 2.29. The maximum atomic E-state index is 13.6. The number of aromatic nitrogens is 2. The Bertz CT molecular complexity index is 1650. The van der Waals surface area contributed by atoms with Crippen molar-refractivity contribution in [2.75, 3.05) is 20.8 Å². The molecule has 1 atom stereocenters. The third-order valence-corrected chi connectivity index (χ3v) is 8.09. The van der Waals surface area contributed by atoms with E-state index >= 15 is 0 Å². The Labute approximate surface area is 280 Å². The number of methoxy groups -OCH3 is 2. The van der Waals surface area contributed by atoms with Crippen LogP contribution in [0.4, 0.5) is 9.59 Å². The van der Waals surface area contributed by atoms with Gasteiger partial charge in [0.1, 0.15) is 22.6 Å². The predicted octanol–water partition coefficient (Wildman–Crippen LogP) is 3.85. The molecule has 17 heteroatoms. The number of carbonyl (C=O) groups is 4. The largest absolute Gasteiger partial charge is 0.496 e. The number of carbonyl (C=O) groups excluding carboxylic acids is 4. The van der Waals surface area contributed by atoms with Crippen LogP contribution in [0, 0.1) is 20.8 Å². The van der Waals surface area contributed by atoms with Crippen LogP contribution in [-0.2, 0) is 24.2 Å². The van der Waals surface area contributed by atoms with Crippen LogP contribution in [-0.4, -0.2) is 86.3 Å². The number of guanidine groups is 1. The lowest BCUT2D eigenvalue weighted by Gasteiger charge is -2.23. The molecular formula is C31H46N6O10S. The van der Waals surface area contributed by atoms with Crippen LogP contribution < -0.4 is 20.1 Å². The van der Waals surface area contributed by atoms with E-state index in [4.69, 9.17) is 14.2 Å². The molecule has 0 radical (unpaired) electrons. The predicted molar refractivity (Wildman–Crippen MR) is 176 cm³/mol. The summed E-state index contributed by atoms with van der Waals surface area (Å²) in [5.74, 6) is -1.51. The molecule has 48 heavy (non-hydrogen) atoms. The summed E-state index contributed by atoms with van der Waals surface area (Å²) in [6.45, 7) is 14.8. The molecular weight excluding hydrogens is 648 g/mol. The van der Waals surface area contributed by atoms with E-state index in [1.165, 1.54) is 14.2 Å². The van der Waals surface area contributed by atoms with Crippen LogP contribution in [0.2, 0.25) is 0 Å². The number of H-pyrrole nitrogens is 1. The Morgan fingerprint density at radius 2 is 1.56 bits per heavy atom. The minimum atomic E-state index is -4.29. The van der Waals surface area contributed by atoms with Gasteiger partial charge in [0.2, 0.25) is 11.7 Å². The molecule has 1 heterocycles. The van der Waals surface area contributed by atoms with Crippen LogP contribution in [0.3, 0.4) is 0 Å². The van der Waals surface area contributed by atoms with E-state index in [0.717, 1.165) is 6.20 Å². The summed E-state index contributed by atoms with van der Waals surface area (Å²) in [5, 5.41) is 4.86. The van der Waals surface area contributed by atoms with Crippen LogP contribution in [0.25, 0.3) is 0 Å². The van der Waals surface area contributed by atoms with E-state index < -0.39 is 57.2 Å². The lowest BCUT2D eigenvalue weighted by molar-refractivity contribution is 0.0485. The summed E-state index contributed by atoms with van der Waals surface area (Å²) in [6, 6.07) is 0.412. The van der Waals surface area contributed by atoms with Crippen LogP contribution in [0.1, 0.15) is 92.2 Å². The molecule has 4 N–H and O–H groups in total. The standard InChI is InChI=1S/C31H46N6O10S/c1-17-15-22(44-10)18(2)19(3)24(17)48(42,43)37-27(36-29(41)47-31(7,8)9)32-14-12-13-20(35-28(40)46-30(4,5)6)23(38)25-33-16-21(34-25)26(39)45-11/h15-16,20H,12-14H2,1-11H3,(H,33,34)(H,35,40)(H2,32,36,37,41)/t20-/m0/s1. The molecule has 2 aromatic rings. The fraction of sp³-hybridized carbons (Fsp3) is 0.548. The molecule has 0 spiro atoms. The second kappa shape index (κ2) is 16.0. The van der Waals surface area contributed by atoms with Gasteiger partial charge in [-0.25, -0.2) is 32.5 Å². The molecule has 0 saturated heterocycles. The lowest BCUT2D eigenvalue weighted by atomic mass is 10.1. The second-order valence-corrected chi connectivity index (χ2v) is 14.4. The quantitative estimate of drug-likeness (QED) is 0.0662. The van der Waals surface area contributed by atoms with E-state index in [2.05, 4.69) is 35.1 Å². The molecule has 2 amide bonds. The van der Waals surface area contributed by atoms with E-state index in [1.807, 2.05) is 0 Å². The molecule has 0 aliphatic carbocycles. The molecule has 266 valence electrons. The van der Waals surface area contributed by atoms with Gasteiger partial charge in [-0.3, -0.25) is 15.1 Å². The maximum absolute atomic E-state index is 13.6. The highest BCUT2D eigenvalue weighted by atomic mass is 32.2. The number of imidazole rings is 1. The average molecular weight is 695 g/mol. The molecule has 0 fully saturated rings. The first-order valence-corrected chi connectivity index (χ1v) is 16.5. The number of hydrogen-bond donors (Lipinski definition) is 4. The average Bonchev–Trinajstić information content (AvgIpc) is 3.43. The molecule has 0 unspecified atom stereocenters. The normalized spacial score (nSPS) is 12.9. The SMILES string of the molecule is COC(=O)c1cnc(C(=O)[C@H](CCCN=C(NC(=O)OC(C)(C)C)NS(=O)(=O)c2c(C)cc(OC)c(C)c2C)NC(=O)OC(C)(C)C)[nH]1. The van der Waals surface area contributed by atoms with Crippen molar-refractivity contribution < 1.29 is 46.5 Å². The third kappa shape index (κ3) is 11.5. The topological polar surface area (TPSA) is 216 Å². The van der Waals surface area contributed by atoms with Crippen molar-refractivity contribution in [3.05, 3.63) is 40.5 Å². The zero-order valence-electron chi connectivity index (χ0n) is 29.2. The summed E-state index contributed by atoms with van der Waals surface area (Å²) in [5.41, 5.74) is -0.353. The number of sulfonamides is 1. The number of hydrogen-bond acceptors (Lipinski definition) is 12. The van der Waals surface area contributed by atoms with Crippen molar-refractivity contribution in [2.24, 2.45) is 4.99 Å². The number of ketones is 1. The molecule has 0 bridgehead atoms. The summed E-state index contributed by atoms with van der Waals surface area (Å²) < 4.78 is 50.2. The Morgan fingerprint density at radius 1 is 0.958 bits per heavy atom. The molecule has 16 nitrogen and oxygen atoms in total. The summed E-state index contributed by atoms with van der Waals surface area (Å²) in [4.78, 5) is 61.2. The van der Waals surface area contributed by atoms with Crippen molar-refractivity contribution in [2.45, 2.75) is 97.3 Å². The van der Waals surface area contributed by atoms with Crippen molar-refractivity contribution in [3.63, 3.8) is 0 Å². The second-order valence-electron chi connectivity index (χ2n) is 12.8. The van der Waals surface area contributed by atoms with Crippen molar-refractivity contribution >= 4 is 39.9 Å². The van der Waals surface area contributed by atoms with Gasteiger partial charge in [-0.15, -0.1) is 0 Å². The van der Waals surface area contributed by atoms with Gasteiger partial charge in [0.05, 0.1) is 31.4 Å². The molecule has 2 rings (SSSR count). The van der Waals surface area contributed by atoms with E-state index in [9.17, 15) is 27.6 Å². The Balaban J connectivity index is 2.37. The van der Waals surface area contributed by atoms with Gasteiger partial charge in [-0.05, 0) is 97.9 Å². The highest BCUT2D eigenvalue weighted by molar-refractivity contribution is 7.90. The Kier molecular flexibility index (Phi) is 13.1. The van der Waals surface area contributed by atoms with Gasteiger partial charge in [0.25, 0.3) is 10.0 Å². The van der Waals surface area contributed by atoms with E-state index in [-0.39, 0.29) is 35.8 Å². The maximum Gasteiger partial charge on any atom is 0.414 e. The third-order valence-electron chi connectivity index (χ3n) is 6.46. The number of ether oxygens (including phenoxy) is 4. The van der Waals surface area contributed by atoms with Crippen molar-refractivity contribution in [3.8, 4) is 5.75 Å². The van der Waals surface area contributed by atoms with Gasteiger partial charge in [-0.2, -0.15) is 0 Å². The van der Waals surface area contributed by atoms with Gasteiger partial charge < -0.3 is 29.2 Å². The number of benzene rings is 1. The number of aliphatic imine (C=N–C) groups is 1. The number of nitrogens with zero attached hydrogens (tertiary/aromatic N) is 2. The fourth-order valence-electron chi connectivity index (χ4n) is 4.35. The first-order chi connectivity index (χ1) is 22.1. The smallest absolute Gasteiger partial charge is 0.414 e. The molecule has 1 aromatic heterocycles.